The largest absolute Gasteiger partial charge is 0.357 e. The zero-order chi connectivity index (χ0) is 20.4. The molecule has 4 rings (SSSR count). The number of piperazine rings is 1. The number of rotatable bonds is 4. The zero-order valence-electron chi connectivity index (χ0n) is 15.8. The maximum Gasteiger partial charge on any atom is 0.287 e. The number of hydrogen-bond acceptors (Lipinski definition) is 7. The van der Waals surface area contributed by atoms with Crippen molar-refractivity contribution < 1.29 is 9.72 Å². The van der Waals surface area contributed by atoms with E-state index in [1.165, 1.54) is 12.3 Å². The predicted molar refractivity (Wildman–Crippen MR) is 110 cm³/mol. The van der Waals surface area contributed by atoms with E-state index in [4.69, 9.17) is 11.6 Å². The highest BCUT2D eigenvalue weighted by Crippen LogP contribution is 2.24. The topological polar surface area (TPSA) is 95.7 Å². The third-order valence-electron chi connectivity index (χ3n) is 5.29. The number of carbonyl (C=O) groups excluding carboxylic acids is 1. The molecule has 0 atom stereocenters. The lowest BCUT2D eigenvalue weighted by atomic mass is 10.2. The molecule has 10 heteroatoms. The summed E-state index contributed by atoms with van der Waals surface area (Å²) in [4.78, 5) is 37.8. The first-order chi connectivity index (χ1) is 14.0. The van der Waals surface area contributed by atoms with E-state index in [1.54, 1.807) is 17.0 Å². The number of nitro groups is 1. The van der Waals surface area contributed by atoms with E-state index in [-0.39, 0.29) is 11.6 Å². The number of anilines is 2. The zero-order valence-corrected chi connectivity index (χ0v) is 16.6. The van der Waals surface area contributed by atoms with Crippen molar-refractivity contribution in [2.75, 3.05) is 49.1 Å². The van der Waals surface area contributed by atoms with Gasteiger partial charge in [-0.3, -0.25) is 14.9 Å². The number of amides is 1. The van der Waals surface area contributed by atoms with E-state index < -0.39 is 4.92 Å². The van der Waals surface area contributed by atoms with Gasteiger partial charge < -0.3 is 14.7 Å². The molecule has 2 aliphatic heterocycles. The molecule has 9 nitrogen and oxygen atoms in total. The Labute approximate surface area is 173 Å². The van der Waals surface area contributed by atoms with Crippen LogP contribution in [0.5, 0.6) is 0 Å². The van der Waals surface area contributed by atoms with Gasteiger partial charge >= 0.3 is 0 Å². The second-order valence-corrected chi connectivity index (χ2v) is 7.53. The standard InChI is InChI=1S/C19H21ClN6O3/c20-16-11-14(12-18(22-16)23-5-1-2-6-23)19(27)25-9-7-24(8-10-25)17-4-3-15(13-21-17)26(28)29/h3-4,11-13H,1-2,5-10H2. The molecular weight excluding hydrogens is 396 g/mol. The summed E-state index contributed by atoms with van der Waals surface area (Å²) < 4.78 is 0. The summed E-state index contributed by atoms with van der Waals surface area (Å²) in [5, 5.41) is 11.1. The second kappa shape index (κ2) is 8.20. The Bertz CT molecular complexity index is 909. The summed E-state index contributed by atoms with van der Waals surface area (Å²) >= 11 is 6.18. The van der Waals surface area contributed by atoms with Gasteiger partial charge in [-0.05, 0) is 31.0 Å². The Balaban J connectivity index is 1.42. The molecule has 0 spiro atoms. The minimum Gasteiger partial charge on any atom is -0.357 e. The Kier molecular flexibility index (Phi) is 5.48. The lowest BCUT2D eigenvalue weighted by molar-refractivity contribution is -0.385. The average molecular weight is 417 g/mol. The number of aromatic nitrogens is 2. The maximum atomic E-state index is 13.0. The summed E-state index contributed by atoms with van der Waals surface area (Å²) in [5.41, 5.74) is 0.514. The smallest absolute Gasteiger partial charge is 0.287 e. The van der Waals surface area contributed by atoms with Crippen molar-refractivity contribution >= 4 is 34.8 Å². The normalized spacial score (nSPS) is 16.9. The van der Waals surface area contributed by atoms with Crippen LogP contribution in [-0.2, 0) is 0 Å². The van der Waals surface area contributed by atoms with Crippen LogP contribution in [0.2, 0.25) is 5.15 Å². The Morgan fingerprint density at radius 1 is 1.00 bits per heavy atom. The first-order valence-corrected chi connectivity index (χ1v) is 9.96. The molecule has 0 radical (unpaired) electrons. The summed E-state index contributed by atoms with van der Waals surface area (Å²) in [6, 6.07) is 6.52. The van der Waals surface area contributed by atoms with E-state index >= 15 is 0 Å². The molecule has 0 unspecified atom stereocenters. The molecule has 2 aromatic heterocycles. The van der Waals surface area contributed by atoms with Crippen molar-refractivity contribution in [1.29, 1.82) is 0 Å². The van der Waals surface area contributed by atoms with Gasteiger partial charge in [-0.2, -0.15) is 0 Å². The molecular formula is C19H21ClN6O3. The Morgan fingerprint density at radius 2 is 1.69 bits per heavy atom. The van der Waals surface area contributed by atoms with Gasteiger partial charge in [0, 0.05) is 50.9 Å². The van der Waals surface area contributed by atoms with E-state index in [0.29, 0.717) is 42.7 Å². The van der Waals surface area contributed by atoms with Crippen molar-refractivity contribution in [2.24, 2.45) is 0 Å². The van der Waals surface area contributed by atoms with Gasteiger partial charge in [0.25, 0.3) is 11.6 Å². The molecule has 29 heavy (non-hydrogen) atoms. The summed E-state index contributed by atoms with van der Waals surface area (Å²) in [6.45, 7) is 4.15. The van der Waals surface area contributed by atoms with Gasteiger partial charge in [0.05, 0.1) is 4.92 Å². The summed E-state index contributed by atoms with van der Waals surface area (Å²) in [6.07, 6.45) is 3.50. The van der Waals surface area contributed by atoms with Gasteiger partial charge in [-0.1, -0.05) is 11.6 Å². The van der Waals surface area contributed by atoms with Gasteiger partial charge in [0.2, 0.25) is 0 Å². The van der Waals surface area contributed by atoms with Gasteiger partial charge in [-0.15, -0.1) is 0 Å². The number of pyridine rings is 2. The van der Waals surface area contributed by atoms with Gasteiger partial charge in [0.1, 0.15) is 23.0 Å². The molecule has 2 saturated heterocycles. The van der Waals surface area contributed by atoms with Crippen LogP contribution < -0.4 is 9.80 Å². The lowest BCUT2D eigenvalue weighted by Crippen LogP contribution is -2.49. The van der Waals surface area contributed by atoms with Crippen molar-refractivity contribution in [3.63, 3.8) is 0 Å². The highest BCUT2D eigenvalue weighted by Gasteiger charge is 2.25. The van der Waals surface area contributed by atoms with E-state index in [9.17, 15) is 14.9 Å². The molecule has 4 heterocycles. The summed E-state index contributed by atoms with van der Waals surface area (Å²) in [7, 11) is 0. The monoisotopic (exact) mass is 416 g/mol. The minimum atomic E-state index is -0.469. The van der Waals surface area contributed by atoms with Gasteiger partial charge in [0.15, 0.2) is 0 Å². The minimum absolute atomic E-state index is 0.0362. The maximum absolute atomic E-state index is 13.0. The molecule has 1 amide bonds. The molecule has 2 aromatic rings. The number of hydrogen-bond donors (Lipinski definition) is 0. The molecule has 0 N–H and O–H groups in total. The van der Waals surface area contributed by atoms with E-state index in [0.717, 1.165) is 31.7 Å². The molecule has 0 saturated carbocycles. The number of carbonyl (C=O) groups is 1. The molecule has 0 aliphatic carbocycles. The SMILES string of the molecule is O=C(c1cc(Cl)nc(N2CCCC2)c1)N1CCN(c2ccc([N+](=O)[O-])cn2)CC1. The number of halogens is 1. The van der Waals surface area contributed by atoms with Crippen LogP contribution in [0.15, 0.2) is 30.5 Å². The Morgan fingerprint density at radius 3 is 2.31 bits per heavy atom. The van der Waals surface area contributed by atoms with Crippen LogP contribution in [0.1, 0.15) is 23.2 Å². The molecule has 152 valence electrons. The van der Waals surface area contributed by atoms with Crippen molar-refractivity contribution in [1.82, 2.24) is 14.9 Å². The first kappa shape index (κ1) is 19.4. The highest BCUT2D eigenvalue weighted by molar-refractivity contribution is 6.29. The van der Waals surface area contributed by atoms with E-state index in [1.807, 2.05) is 11.0 Å². The third kappa shape index (κ3) is 4.24. The van der Waals surface area contributed by atoms with Crippen LogP contribution in [0.4, 0.5) is 17.3 Å². The fourth-order valence-corrected chi connectivity index (χ4v) is 3.91. The fraction of sp³-hybridized carbons (Fsp3) is 0.421. The van der Waals surface area contributed by atoms with Crippen LogP contribution in [-0.4, -0.2) is 65.0 Å². The predicted octanol–water partition coefficient (Wildman–Crippen LogP) is 2.60. The lowest BCUT2D eigenvalue weighted by Gasteiger charge is -2.35. The Hall–Kier alpha value is -2.94. The van der Waals surface area contributed by atoms with Gasteiger partial charge in [-0.25, -0.2) is 9.97 Å². The van der Waals surface area contributed by atoms with Crippen LogP contribution in [0.25, 0.3) is 0 Å². The first-order valence-electron chi connectivity index (χ1n) is 9.58. The third-order valence-corrected chi connectivity index (χ3v) is 5.49. The van der Waals surface area contributed by atoms with Crippen molar-refractivity contribution in [3.05, 3.63) is 51.3 Å². The summed E-state index contributed by atoms with van der Waals surface area (Å²) in [5.74, 6) is 1.36. The molecule has 0 bridgehead atoms. The van der Waals surface area contributed by atoms with Crippen LogP contribution in [0, 0.1) is 10.1 Å². The number of nitrogens with zero attached hydrogens (tertiary/aromatic N) is 6. The van der Waals surface area contributed by atoms with E-state index in [2.05, 4.69) is 14.9 Å². The fourth-order valence-electron chi connectivity index (χ4n) is 3.71. The van der Waals surface area contributed by atoms with Crippen molar-refractivity contribution in [3.8, 4) is 0 Å². The molecule has 2 fully saturated rings. The van der Waals surface area contributed by atoms with Crippen molar-refractivity contribution in [2.45, 2.75) is 12.8 Å². The average Bonchev–Trinajstić information content (AvgIpc) is 3.28. The second-order valence-electron chi connectivity index (χ2n) is 7.14. The van der Waals surface area contributed by atoms with Crippen LogP contribution >= 0.6 is 11.6 Å². The van der Waals surface area contributed by atoms with Crippen LogP contribution in [0.3, 0.4) is 0 Å². The molecule has 0 aromatic carbocycles. The quantitative estimate of drug-likeness (QED) is 0.429. The highest BCUT2D eigenvalue weighted by atomic mass is 35.5. The molecule has 2 aliphatic rings.